The van der Waals surface area contributed by atoms with Gasteiger partial charge in [0.25, 0.3) is 5.56 Å². The van der Waals surface area contributed by atoms with Gasteiger partial charge in [0.15, 0.2) is 14.3 Å². The molecule has 0 saturated heterocycles. The Morgan fingerprint density at radius 2 is 0.968 bits per heavy atom. The van der Waals surface area contributed by atoms with Crippen molar-refractivity contribution in [3.63, 3.8) is 0 Å². The molecule has 0 aliphatic carbocycles. The number of fused-ring (bicyclic) bond motifs is 2. The van der Waals surface area contributed by atoms with Crippen LogP contribution in [0, 0.1) is 49.4 Å². The van der Waals surface area contributed by atoms with E-state index < -0.39 is 25.6 Å². The van der Waals surface area contributed by atoms with Crippen LogP contribution in [0.3, 0.4) is 0 Å². The second kappa shape index (κ2) is 20.9. The number of nitrogens with zero attached hydrogens (tertiary/aromatic N) is 1. The number of pyridine rings is 1. The predicted octanol–water partition coefficient (Wildman–Crippen LogP) is 10.5. The molecule has 6 nitrogen and oxygen atoms in total. The van der Waals surface area contributed by atoms with Crippen molar-refractivity contribution in [2.75, 3.05) is 0 Å². The average molecular weight is 1010 g/mol. The van der Waals surface area contributed by atoms with Crippen LogP contribution in [0.1, 0.15) is 22.2 Å². The summed E-state index contributed by atoms with van der Waals surface area (Å²) in [5, 5.41) is 17.0. The molecule has 0 unspecified atom stereocenters. The van der Waals surface area contributed by atoms with Gasteiger partial charge in [0.1, 0.15) is 11.3 Å². The minimum atomic E-state index is -2.78. The third-order valence-corrected chi connectivity index (χ3v) is 17.6. The topological polar surface area (TPSA) is 93.4 Å². The van der Waals surface area contributed by atoms with Crippen molar-refractivity contribution in [2.45, 2.75) is 6.92 Å². The number of carbonyl (C=O) groups excluding carboxylic acids is 1. The van der Waals surface area contributed by atoms with Gasteiger partial charge in [-0.2, -0.15) is 0 Å². The summed E-state index contributed by atoms with van der Waals surface area (Å²) in [7, 11) is -3.86. The van der Waals surface area contributed by atoms with Gasteiger partial charge in [-0.1, -0.05) is 189 Å². The van der Waals surface area contributed by atoms with Gasteiger partial charge in [-0.05, 0) is 41.9 Å². The van der Waals surface area contributed by atoms with Gasteiger partial charge in [0.2, 0.25) is 5.78 Å². The molecule has 9 aromatic rings. The van der Waals surface area contributed by atoms with Crippen molar-refractivity contribution in [2.24, 2.45) is 7.05 Å². The predicted molar refractivity (Wildman–Crippen MR) is 257 cm³/mol. The first-order chi connectivity index (χ1) is 29.5. The summed E-state index contributed by atoms with van der Waals surface area (Å²) in [5.74, 6) is -0.698. The summed E-state index contributed by atoms with van der Waals surface area (Å²) in [6, 6.07) is 64.7. The Bertz CT molecular complexity index is 2940. The molecule has 2 aromatic heterocycles. The maximum atomic E-state index is 13.8. The number of aromatic hydroxyl groups is 1. The fraction of sp³-hybridized carbons (Fsp3) is 0.0385. The first-order valence-corrected chi connectivity index (χ1v) is 23.8. The number of benzene rings is 7. The Morgan fingerprint density at radius 1 is 0.581 bits per heavy atom. The first kappa shape index (κ1) is 46.5. The second-order valence-corrected chi connectivity index (χ2v) is 21.1. The molecule has 1 radical (unpaired) electrons. The van der Waals surface area contributed by atoms with Crippen molar-refractivity contribution >= 4 is 78.9 Å². The van der Waals surface area contributed by atoms with Crippen LogP contribution in [-0.2, 0) is 16.2 Å². The molecular formula is C52H43EuNO5P2S. The maximum absolute atomic E-state index is 13.8. The van der Waals surface area contributed by atoms with Crippen molar-refractivity contribution in [1.29, 1.82) is 0 Å². The van der Waals surface area contributed by atoms with Crippen LogP contribution < -0.4 is 32.1 Å². The van der Waals surface area contributed by atoms with Crippen LogP contribution in [0.4, 0.5) is 0 Å². The zero-order chi connectivity index (χ0) is 43.0. The molecule has 62 heavy (non-hydrogen) atoms. The molecule has 309 valence electrons. The smallest absolute Gasteiger partial charge is 0.265 e. The van der Waals surface area contributed by atoms with Crippen molar-refractivity contribution in [3.05, 3.63) is 239 Å². The number of para-hydroxylation sites is 1. The number of thiophene rings is 1. The van der Waals surface area contributed by atoms with Crippen LogP contribution in [-0.4, -0.2) is 15.5 Å². The van der Waals surface area contributed by atoms with Gasteiger partial charge in [0, 0.05) is 93.0 Å². The Hall–Kier alpha value is -5.04. The molecule has 2 heterocycles. The normalized spacial score (nSPS) is 11.0. The van der Waals surface area contributed by atoms with E-state index in [4.69, 9.17) is 0 Å². The van der Waals surface area contributed by atoms with Gasteiger partial charge >= 0.3 is 0 Å². The monoisotopic (exact) mass is 1010 g/mol. The van der Waals surface area contributed by atoms with E-state index in [1.807, 2.05) is 183 Å². The van der Waals surface area contributed by atoms with E-state index in [9.17, 15) is 23.8 Å². The number of aromatic nitrogens is 1. The molecule has 10 heteroatoms. The molecule has 7 aromatic carbocycles. The van der Waals surface area contributed by atoms with Gasteiger partial charge in [-0.25, -0.2) is 0 Å². The summed E-state index contributed by atoms with van der Waals surface area (Å²) in [4.78, 5) is 26.0. The zero-order valence-corrected chi connectivity index (χ0v) is 39.1. The number of hydrogen-bond acceptors (Lipinski definition) is 6. The largest absolute Gasteiger partial charge is 0.506 e. The summed E-state index contributed by atoms with van der Waals surface area (Å²) in [6.07, 6.45) is 0. The van der Waals surface area contributed by atoms with Crippen LogP contribution >= 0.6 is 25.6 Å². The Balaban J connectivity index is 0.000000156. The number of rotatable bonds is 8. The van der Waals surface area contributed by atoms with Gasteiger partial charge in [-0.15, -0.1) is 11.3 Å². The molecular weight excluding hydrogens is 965 g/mol. The van der Waals surface area contributed by atoms with E-state index in [1.165, 1.54) is 15.9 Å². The SMILES string of the molecule is C=C(C)P(=O)(c1ccccc1)c1ccccc1.Cn1c(=O)c(C(=O)c2cc3ccccc3s2)c(O)c2ccccc21.O=P(c1ccccc1)(c1ccccc1)c1ccccc1.[Eu]. The third kappa shape index (κ3) is 9.62. The van der Waals surface area contributed by atoms with Crippen LogP contribution in [0.5, 0.6) is 5.75 Å². The minimum absolute atomic E-state index is 0. The van der Waals surface area contributed by atoms with Crippen molar-refractivity contribution in [1.82, 2.24) is 4.57 Å². The van der Waals surface area contributed by atoms with E-state index in [0.717, 1.165) is 41.9 Å². The fourth-order valence-corrected chi connectivity index (χ4v) is 13.2. The van der Waals surface area contributed by atoms with Crippen molar-refractivity contribution in [3.8, 4) is 5.75 Å². The van der Waals surface area contributed by atoms with Gasteiger partial charge in [0.05, 0.1) is 10.4 Å². The molecule has 0 spiro atoms. The van der Waals surface area contributed by atoms with E-state index in [-0.39, 0.29) is 60.7 Å². The second-order valence-electron chi connectivity index (χ2n) is 14.2. The zero-order valence-electron chi connectivity index (χ0n) is 34.0. The summed E-state index contributed by atoms with van der Waals surface area (Å²) < 4.78 is 29.4. The van der Waals surface area contributed by atoms with E-state index in [0.29, 0.717) is 15.8 Å². The maximum Gasteiger partial charge on any atom is 0.265 e. The van der Waals surface area contributed by atoms with Crippen molar-refractivity contribution < 1.29 is 68.4 Å². The molecule has 9 rings (SSSR count). The van der Waals surface area contributed by atoms with Gasteiger partial charge < -0.3 is 18.8 Å². The van der Waals surface area contributed by atoms with Crippen LogP contribution in [0.15, 0.2) is 223 Å². The molecule has 0 saturated carbocycles. The number of aryl methyl sites for hydroxylation is 1. The van der Waals surface area contributed by atoms with E-state index in [2.05, 4.69) is 6.58 Å². The van der Waals surface area contributed by atoms with E-state index in [1.54, 1.807) is 37.4 Å². The fourth-order valence-electron chi connectivity index (χ4n) is 7.13. The molecule has 0 aliphatic rings. The Morgan fingerprint density at radius 3 is 1.40 bits per heavy atom. The Labute approximate surface area is 406 Å². The molecule has 0 fully saturated rings. The average Bonchev–Trinajstić information content (AvgIpc) is 3.77. The van der Waals surface area contributed by atoms with Gasteiger partial charge in [-0.3, -0.25) is 9.59 Å². The van der Waals surface area contributed by atoms with Crippen LogP contribution in [0.25, 0.3) is 21.0 Å². The molecule has 0 aliphatic heterocycles. The third-order valence-electron chi connectivity index (χ3n) is 10.3. The summed E-state index contributed by atoms with van der Waals surface area (Å²) >= 11 is 1.32. The number of ketones is 1. The quantitative estimate of drug-likeness (QED) is 0.121. The standard InChI is InChI=1S/C19H13NO3S.C18H15OP.C15H15OP.Eu/c1-20-13-8-4-3-7-12(13)17(21)16(19(20)23)18(22)15-10-11-6-2-5-9-14(11)24-15;19-20(16-10-4-1-5-11-16,17-12-6-2-7-13-17)18-14-8-3-9-15-18;1-13(2)17(16,14-9-5-3-6-10-14)15-11-7-4-8-12-15;/h2-10,21H,1H3;1-15H;3-12H,1H2,2H3;. The van der Waals surface area contributed by atoms with E-state index >= 15 is 0 Å². The molecule has 1 N–H and O–H groups in total. The first-order valence-electron chi connectivity index (χ1n) is 19.5. The minimum Gasteiger partial charge on any atom is -0.506 e. The number of carbonyl (C=O) groups is 1. The molecule has 0 atom stereocenters. The Kier molecular flexibility index (Phi) is 15.7. The number of allylic oxidation sites excluding steroid dienone is 1. The summed E-state index contributed by atoms with van der Waals surface area (Å²) in [6.45, 7) is 5.75. The number of hydrogen-bond donors (Lipinski definition) is 1. The summed E-state index contributed by atoms with van der Waals surface area (Å²) in [5.41, 5.74) is -0.0793. The molecule has 0 amide bonds. The van der Waals surface area contributed by atoms with Crippen LogP contribution in [0.2, 0.25) is 0 Å². The molecule has 0 bridgehead atoms.